The van der Waals surface area contributed by atoms with Crippen molar-refractivity contribution in [2.45, 2.75) is 76.0 Å². The number of halogens is 2. The third-order valence-electron chi connectivity index (χ3n) is 7.83. The van der Waals surface area contributed by atoms with Crippen LogP contribution in [0.3, 0.4) is 0 Å². The molecular formula is C29H36ClFN2O4. The Morgan fingerprint density at radius 2 is 1.97 bits per heavy atom. The van der Waals surface area contributed by atoms with Crippen LogP contribution in [-0.2, 0) is 15.0 Å². The number of likely N-dealkylation sites (tertiary alicyclic amines) is 1. The van der Waals surface area contributed by atoms with E-state index in [-0.39, 0.29) is 36.2 Å². The molecule has 1 amide bonds. The van der Waals surface area contributed by atoms with Crippen molar-refractivity contribution in [2.24, 2.45) is 5.41 Å². The number of carbonyl (C=O) groups excluding carboxylic acids is 2. The summed E-state index contributed by atoms with van der Waals surface area (Å²) in [6, 6.07) is 10.7. The van der Waals surface area contributed by atoms with Gasteiger partial charge in [-0.1, -0.05) is 50.6 Å². The number of aliphatic hydroxyl groups is 2. The van der Waals surface area contributed by atoms with Gasteiger partial charge in [0, 0.05) is 29.1 Å². The predicted octanol–water partition coefficient (Wildman–Crippen LogP) is 4.66. The monoisotopic (exact) mass is 530 g/mol. The highest BCUT2D eigenvalue weighted by Gasteiger charge is 2.67. The number of ketones is 1. The van der Waals surface area contributed by atoms with E-state index in [2.05, 4.69) is 26.1 Å². The first kappa shape index (κ1) is 27.7. The normalized spacial score (nSPS) is 26.4. The highest BCUT2D eigenvalue weighted by atomic mass is 35.5. The van der Waals surface area contributed by atoms with E-state index in [4.69, 9.17) is 16.7 Å². The van der Waals surface area contributed by atoms with Crippen LogP contribution in [0.5, 0.6) is 0 Å². The fourth-order valence-corrected chi connectivity index (χ4v) is 6.57. The van der Waals surface area contributed by atoms with Crippen LogP contribution >= 0.6 is 11.6 Å². The molecular weight excluding hydrogens is 495 g/mol. The van der Waals surface area contributed by atoms with Crippen LogP contribution in [0.15, 0.2) is 42.5 Å². The van der Waals surface area contributed by atoms with E-state index in [1.807, 2.05) is 30.1 Å². The molecule has 0 aliphatic carbocycles. The van der Waals surface area contributed by atoms with Crippen molar-refractivity contribution in [3.63, 3.8) is 0 Å². The van der Waals surface area contributed by atoms with Gasteiger partial charge < -0.3 is 15.5 Å². The van der Waals surface area contributed by atoms with Crippen molar-refractivity contribution < 1.29 is 24.2 Å². The van der Waals surface area contributed by atoms with Crippen LogP contribution in [0.4, 0.5) is 10.1 Å². The molecule has 8 heteroatoms. The van der Waals surface area contributed by atoms with Crippen molar-refractivity contribution in [1.29, 1.82) is 0 Å². The molecule has 0 saturated carbocycles. The molecule has 1 saturated heterocycles. The molecule has 0 unspecified atom stereocenters. The van der Waals surface area contributed by atoms with E-state index >= 15 is 0 Å². The van der Waals surface area contributed by atoms with Gasteiger partial charge in [-0.05, 0) is 67.1 Å². The second-order valence-corrected chi connectivity index (χ2v) is 12.1. The van der Waals surface area contributed by atoms with Crippen molar-refractivity contribution in [3.05, 3.63) is 64.4 Å². The molecule has 0 radical (unpaired) electrons. The number of nitrogens with zero attached hydrogens (tertiary/aromatic N) is 1. The van der Waals surface area contributed by atoms with Crippen LogP contribution in [0.1, 0.15) is 63.5 Å². The summed E-state index contributed by atoms with van der Waals surface area (Å²) in [5, 5.41) is 22.4. The molecule has 2 aromatic carbocycles. The number of likely N-dealkylation sites (N-methyl/N-ethyl adjacent to an activating group) is 1. The highest BCUT2D eigenvalue weighted by molar-refractivity contribution is 6.30. The minimum absolute atomic E-state index is 0.0447. The zero-order chi connectivity index (χ0) is 27.1. The molecule has 3 N–H and O–H groups in total. The molecule has 2 aromatic rings. The standard InChI is InChI=1S/C29H36ClFN2O4/c1-28(2,3)15-24-29(21-12-11-19(31)14-22(21)32-27(29)37)25(17-7-5-8-18(30)13-17)26(33(24)4)23(36)10-6-9-20(35)16-34/h5,7-8,11-14,20,24-26,34-35H,6,9-10,15-16H2,1-4H3,(H,32,37)/t20-,24+,25-,26-,29-/m0/s1. The molecule has 200 valence electrons. The number of Topliss-reactive ketones (excluding diaryl/α,β-unsaturated/α-hetero) is 1. The van der Waals surface area contributed by atoms with Crippen LogP contribution in [0.2, 0.25) is 5.02 Å². The maximum absolute atomic E-state index is 14.2. The summed E-state index contributed by atoms with van der Waals surface area (Å²) in [7, 11) is 1.89. The third kappa shape index (κ3) is 5.07. The first-order chi connectivity index (χ1) is 17.4. The Morgan fingerprint density at radius 3 is 2.62 bits per heavy atom. The summed E-state index contributed by atoms with van der Waals surface area (Å²) in [5.74, 6) is -1.29. The number of anilines is 1. The Morgan fingerprint density at radius 1 is 1.24 bits per heavy atom. The van der Waals surface area contributed by atoms with Gasteiger partial charge >= 0.3 is 0 Å². The fourth-order valence-electron chi connectivity index (χ4n) is 6.37. The van der Waals surface area contributed by atoms with E-state index in [9.17, 15) is 19.1 Å². The van der Waals surface area contributed by atoms with Gasteiger partial charge in [0.2, 0.25) is 5.91 Å². The Kier molecular flexibility index (Phi) is 7.82. The Balaban J connectivity index is 1.91. The lowest BCUT2D eigenvalue weighted by Gasteiger charge is -2.39. The molecule has 0 aromatic heterocycles. The summed E-state index contributed by atoms with van der Waals surface area (Å²) in [6.45, 7) is 5.96. The number of amides is 1. The molecule has 37 heavy (non-hydrogen) atoms. The summed E-state index contributed by atoms with van der Waals surface area (Å²) >= 11 is 6.42. The summed E-state index contributed by atoms with van der Waals surface area (Å²) in [5.41, 5.74) is 0.592. The van der Waals surface area contributed by atoms with Gasteiger partial charge in [-0.2, -0.15) is 0 Å². The number of hydrogen-bond donors (Lipinski definition) is 3. The van der Waals surface area contributed by atoms with Gasteiger partial charge in [0.25, 0.3) is 0 Å². The molecule has 4 rings (SSSR count). The molecule has 0 bridgehead atoms. The second kappa shape index (κ2) is 10.4. The van der Waals surface area contributed by atoms with Crippen LogP contribution in [0.25, 0.3) is 0 Å². The summed E-state index contributed by atoms with van der Waals surface area (Å²) in [6.07, 6.45) is 0.662. The van der Waals surface area contributed by atoms with Crippen molar-refractivity contribution >= 4 is 29.0 Å². The first-order valence-corrected chi connectivity index (χ1v) is 13.2. The lowest BCUT2D eigenvalue weighted by Crippen LogP contribution is -2.50. The van der Waals surface area contributed by atoms with Gasteiger partial charge in [0.1, 0.15) is 11.2 Å². The number of hydrogen-bond acceptors (Lipinski definition) is 5. The zero-order valence-corrected chi connectivity index (χ0v) is 22.6. The Labute approximate surface area is 222 Å². The third-order valence-corrected chi connectivity index (χ3v) is 8.06. The van der Waals surface area contributed by atoms with Crippen molar-refractivity contribution in [1.82, 2.24) is 4.90 Å². The molecule has 2 aliphatic heterocycles. The smallest absolute Gasteiger partial charge is 0.237 e. The maximum atomic E-state index is 14.2. The van der Waals surface area contributed by atoms with Crippen LogP contribution < -0.4 is 5.32 Å². The molecule has 5 atom stereocenters. The van der Waals surface area contributed by atoms with E-state index in [1.165, 1.54) is 12.1 Å². The highest BCUT2D eigenvalue weighted by Crippen LogP contribution is 2.59. The quantitative estimate of drug-likeness (QED) is 0.462. The van der Waals surface area contributed by atoms with Gasteiger partial charge in [-0.3, -0.25) is 14.5 Å². The number of fused-ring (bicyclic) bond motifs is 2. The molecule has 6 nitrogen and oxygen atoms in total. The Bertz CT molecular complexity index is 1180. The second-order valence-electron chi connectivity index (χ2n) is 11.6. The van der Waals surface area contributed by atoms with E-state index in [1.54, 1.807) is 12.1 Å². The van der Waals surface area contributed by atoms with Gasteiger partial charge in [0.15, 0.2) is 5.78 Å². The minimum Gasteiger partial charge on any atom is -0.394 e. The SMILES string of the molecule is CN1[C@@H](C(=O)CCC[C@H](O)CO)[C@H](c2cccc(Cl)c2)[C@@]2(C(=O)Nc3cc(F)ccc32)[C@H]1CC(C)(C)C. The fraction of sp³-hybridized carbons (Fsp3) is 0.517. The topological polar surface area (TPSA) is 89.9 Å². The van der Waals surface area contributed by atoms with Crippen LogP contribution in [-0.4, -0.2) is 58.6 Å². The largest absolute Gasteiger partial charge is 0.394 e. The number of nitrogens with one attached hydrogen (secondary N) is 1. The van der Waals surface area contributed by atoms with Crippen molar-refractivity contribution in [3.8, 4) is 0 Å². The summed E-state index contributed by atoms with van der Waals surface area (Å²) in [4.78, 5) is 30.1. The predicted molar refractivity (Wildman–Crippen MR) is 142 cm³/mol. The van der Waals surface area contributed by atoms with Gasteiger partial charge in [0.05, 0.1) is 18.8 Å². The molecule has 1 spiro atoms. The minimum atomic E-state index is -1.14. The number of carbonyl (C=O) groups is 2. The van der Waals surface area contributed by atoms with E-state index < -0.39 is 29.3 Å². The van der Waals surface area contributed by atoms with Crippen molar-refractivity contribution in [2.75, 3.05) is 19.0 Å². The number of rotatable bonds is 8. The lowest BCUT2D eigenvalue weighted by atomic mass is 9.62. The van der Waals surface area contributed by atoms with E-state index in [0.717, 1.165) is 5.56 Å². The Hall–Kier alpha value is -2.32. The summed E-state index contributed by atoms with van der Waals surface area (Å²) < 4.78 is 14.2. The van der Waals surface area contributed by atoms with Gasteiger partial charge in [-0.25, -0.2) is 4.39 Å². The maximum Gasteiger partial charge on any atom is 0.237 e. The first-order valence-electron chi connectivity index (χ1n) is 12.8. The molecule has 2 aliphatic rings. The zero-order valence-electron chi connectivity index (χ0n) is 21.8. The number of benzene rings is 2. The van der Waals surface area contributed by atoms with E-state index in [0.29, 0.717) is 35.5 Å². The average molecular weight is 531 g/mol. The molecule has 2 heterocycles. The average Bonchev–Trinajstić information content (AvgIpc) is 3.24. The lowest BCUT2D eigenvalue weighted by molar-refractivity contribution is -0.124. The number of aliphatic hydroxyl groups excluding tert-OH is 2. The van der Waals surface area contributed by atoms with Gasteiger partial charge in [-0.15, -0.1) is 0 Å². The van der Waals surface area contributed by atoms with Crippen LogP contribution in [0, 0.1) is 11.2 Å². The molecule has 1 fully saturated rings.